The summed E-state index contributed by atoms with van der Waals surface area (Å²) in [6, 6.07) is 6.55. The first-order chi connectivity index (χ1) is 13.3. The van der Waals surface area contributed by atoms with Crippen molar-refractivity contribution in [1.29, 1.82) is 0 Å². The third-order valence-electron chi connectivity index (χ3n) is 7.51. The summed E-state index contributed by atoms with van der Waals surface area (Å²) >= 11 is 3.83. The van der Waals surface area contributed by atoms with Gasteiger partial charge in [0.2, 0.25) is 0 Å². The summed E-state index contributed by atoms with van der Waals surface area (Å²) in [4.78, 5) is 0. The van der Waals surface area contributed by atoms with E-state index in [9.17, 15) is 0 Å². The lowest BCUT2D eigenvalue weighted by Gasteiger charge is -2.44. The van der Waals surface area contributed by atoms with Gasteiger partial charge in [0.25, 0.3) is 0 Å². The van der Waals surface area contributed by atoms with Crippen molar-refractivity contribution in [3.05, 3.63) is 28.9 Å². The molecular formula is C23H37BBrNO2Si. The normalized spacial score (nSPS) is 19.3. The summed E-state index contributed by atoms with van der Waals surface area (Å²) in [5.41, 5.74) is 3.58. The van der Waals surface area contributed by atoms with E-state index in [1.807, 2.05) is 0 Å². The lowest BCUT2D eigenvalue weighted by Crippen LogP contribution is -2.52. The number of benzene rings is 1. The van der Waals surface area contributed by atoms with Crippen LogP contribution in [0.5, 0.6) is 0 Å². The largest absolute Gasteiger partial charge is 0.497 e. The number of fused-ring (bicyclic) bond motifs is 1. The molecule has 0 aliphatic carbocycles. The first-order valence-corrected chi connectivity index (χ1v) is 13.9. The van der Waals surface area contributed by atoms with Gasteiger partial charge in [-0.3, -0.25) is 0 Å². The van der Waals surface area contributed by atoms with Crippen LogP contribution in [0.3, 0.4) is 0 Å². The molecule has 0 radical (unpaired) electrons. The maximum absolute atomic E-state index is 6.48. The molecule has 29 heavy (non-hydrogen) atoms. The molecule has 1 aliphatic rings. The summed E-state index contributed by atoms with van der Waals surface area (Å²) in [6.07, 6.45) is 2.36. The molecule has 0 saturated carbocycles. The maximum Gasteiger partial charge on any atom is 0.497 e. The van der Waals surface area contributed by atoms with Crippen LogP contribution in [0, 0.1) is 0 Å². The molecule has 0 bridgehead atoms. The minimum absolute atomic E-state index is 0.351. The van der Waals surface area contributed by atoms with Crippen molar-refractivity contribution < 1.29 is 9.31 Å². The second-order valence-corrected chi connectivity index (χ2v) is 17.1. The number of hydrogen-bond acceptors (Lipinski definition) is 2. The minimum Gasteiger partial charge on any atom is -0.399 e. The van der Waals surface area contributed by atoms with Crippen LogP contribution in [0.1, 0.15) is 69.2 Å². The average molecular weight is 478 g/mol. The molecule has 160 valence electrons. The lowest BCUT2D eigenvalue weighted by atomic mass is 9.79. The van der Waals surface area contributed by atoms with Crippen LogP contribution in [0.15, 0.2) is 28.9 Å². The van der Waals surface area contributed by atoms with Crippen molar-refractivity contribution in [2.45, 2.75) is 97.1 Å². The molecule has 1 fully saturated rings. The van der Waals surface area contributed by atoms with E-state index in [4.69, 9.17) is 9.31 Å². The average Bonchev–Trinajstić information content (AvgIpc) is 3.03. The zero-order valence-corrected chi connectivity index (χ0v) is 22.3. The van der Waals surface area contributed by atoms with Gasteiger partial charge in [0, 0.05) is 20.8 Å². The summed E-state index contributed by atoms with van der Waals surface area (Å²) in [5.74, 6) is 0. The SMILES string of the molecule is CC(C)[Si](C(C)C)(C(C)C)n1cc(B2OC(C)(C)C(C)(C)O2)c2c(Br)cccc21. The molecule has 0 unspecified atom stereocenters. The van der Waals surface area contributed by atoms with Crippen molar-refractivity contribution in [3.8, 4) is 0 Å². The van der Waals surface area contributed by atoms with E-state index in [2.05, 4.69) is 114 Å². The van der Waals surface area contributed by atoms with Crippen LogP contribution in [-0.4, -0.2) is 30.8 Å². The van der Waals surface area contributed by atoms with Crippen molar-refractivity contribution in [3.63, 3.8) is 0 Å². The molecule has 0 N–H and O–H groups in total. The molecule has 2 aromatic rings. The highest BCUT2D eigenvalue weighted by Gasteiger charge is 2.53. The highest BCUT2D eigenvalue weighted by Crippen LogP contribution is 2.45. The van der Waals surface area contributed by atoms with Gasteiger partial charge in [-0.25, -0.2) is 0 Å². The molecule has 1 aromatic heterocycles. The monoisotopic (exact) mass is 477 g/mol. The topological polar surface area (TPSA) is 23.4 Å². The van der Waals surface area contributed by atoms with E-state index < -0.39 is 8.24 Å². The van der Waals surface area contributed by atoms with E-state index in [0.717, 1.165) is 9.94 Å². The van der Waals surface area contributed by atoms with Gasteiger partial charge in [0.05, 0.1) is 11.2 Å². The summed E-state index contributed by atoms with van der Waals surface area (Å²) in [7, 11) is -2.27. The quantitative estimate of drug-likeness (QED) is 0.445. The van der Waals surface area contributed by atoms with Gasteiger partial charge in [-0.15, -0.1) is 0 Å². The first-order valence-electron chi connectivity index (χ1n) is 10.9. The molecule has 1 aliphatic heterocycles. The Morgan fingerprint density at radius 3 is 1.83 bits per heavy atom. The molecule has 0 spiro atoms. The van der Waals surface area contributed by atoms with E-state index in [1.165, 1.54) is 10.9 Å². The number of halogens is 1. The Bertz CT molecular complexity index is 866. The Hall–Kier alpha value is -0.558. The number of rotatable bonds is 5. The molecule has 2 heterocycles. The number of aromatic nitrogens is 1. The van der Waals surface area contributed by atoms with E-state index in [1.54, 1.807) is 0 Å². The second-order valence-electron chi connectivity index (χ2n) is 10.5. The van der Waals surface area contributed by atoms with Crippen molar-refractivity contribution in [2.24, 2.45) is 0 Å². The number of hydrogen-bond donors (Lipinski definition) is 0. The fourth-order valence-electron chi connectivity index (χ4n) is 5.58. The van der Waals surface area contributed by atoms with Gasteiger partial charge in [-0.1, -0.05) is 63.5 Å². The predicted octanol–water partition coefficient (Wildman–Crippen LogP) is 6.73. The Labute approximate surface area is 186 Å². The first kappa shape index (κ1) is 23.1. The van der Waals surface area contributed by atoms with Gasteiger partial charge < -0.3 is 13.5 Å². The summed E-state index contributed by atoms with van der Waals surface area (Å²) < 4.78 is 16.7. The van der Waals surface area contributed by atoms with Crippen LogP contribution in [-0.2, 0) is 9.31 Å². The van der Waals surface area contributed by atoms with E-state index >= 15 is 0 Å². The maximum atomic E-state index is 6.48. The lowest BCUT2D eigenvalue weighted by molar-refractivity contribution is 0.00578. The van der Waals surface area contributed by atoms with Crippen LogP contribution in [0.4, 0.5) is 0 Å². The van der Waals surface area contributed by atoms with Gasteiger partial charge in [-0.05, 0) is 62.6 Å². The molecule has 1 saturated heterocycles. The summed E-state index contributed by atoms with van der Waals surface area (Å²) in [5, 5.41) is 1.23. The molecule has 3 rings (SSSR count). The predicted molar refractivity (Wildman–Crippen MR) is 132 cm³/mol. The van der Waals surface area contributed by atoms with E-state index in [0.29, 0.717) is 16.6 Å². The Morgan fingerprint density at radius 1 is 0.897 bits per heavy atom. The minimum atomic E-state index is -1.91. The Balaban J connectivity index is 2.31. The van der Waals surface area contributed by atoms with E-state index in [-0.39, 0.29) is 18.3 Å². The smallest absolute Gasteiger partial charge is 0.399 e. The fourth-order valence-corrected chi connectivity index (χ4v) is 12.8. The zero-order chi connectivity index (χ0) is 21.9. The third kappa shape index (κ3) is 3.38. The fraction of sp³-hybridized carbons (Fsp3) is 0.652. The van der Waals surface area contributed by atoms with Gasteiger partial charge >= 0.3 is 7.12 Å². The van der Waals surface area contributed by atoms with Crippen LogP contribution >= 0.6 is 15.9 Å². The Morgan fingerprint density at radius 2 is 1.38 bits per heavy atom. The molecule has 0 amide bonds. The highest BCUT2D eigenvalue weighted by atomic mass is 79.9. The van der Waals surface area contributed by atoms with Crippen LogP contribution < -0.4 is 5.46 Å². The molecular weight excluding hydrogens is 441 g/mol. The zero-order valence-electron chi connectivity index (χ0n) is 19.8. The standard InChI is InChI=1S/C23H37BBrNO2Si/c1-15(2)29(16(3)4,17(5)6)26-14-18(21-19(25)12-11-13-20(21)26)24-27-22(7,8)23(9,10)28-24/h11-17H,1-10H3. The van der Waals surface area contributed by atoms with Gasteiger partial charge in [-0.2, -0.15) is 0 Å². The number of nitrogens with zero attached hydrogens (tertiary/aromatic N) is 1. The van der Waals surface area contributed by atoms with Gasteiger partial charge in [0.1, 0.15) is 0 Å². The van der Waals surface area contributed by atoms with Crippen LogP contribution in [0.25, 0.3) is 10.9 Å². The van der Waals surface area contributed by atoms with Crippen molar-refractivity contribution >= 4 is 47.6 Å². The van der Waals surface area contributed by atoms with Crippen molar-refractivity contribution in [1.82, 2.24) is 4.23 Å². The summed E-state index contributed by atoms with van der Waals surface area (Å²) in [6.45, 7) is 22.9. The van der Waals surface area contributed by atoms with Gasteiger partial charge in [0.15, 0.2) is 8.24 Å². The third-order valence-corrected chi connectivity index (χ3v) is 14.9. The van der Waals surface area contributed by atoms with Crippen molar-refractivity contribution in [2.75, 3.05) is 0 Å². The molecule has 6 heteroatoms. The Kier molecular flexibility index (Phi) is 6.01. The molecule has 0 atom stereocenters. The molecule has 1 aromatic carbocycles. The van der Waals surface area contributed by atoms with Crippen LogP contribution in [0.2, 0.25) is 16.6 Å². The second kappa shape index (κ2) is 7.54. The molecule has 3 nitrogen and oxygen atoms in total. The highest BCUT2D eigenvalue weighted by molar-refractivity contribution is 9.10.